The predicted molar refractivity (Wildman–Crippen MR) is 128 cm³/mol. The predicted octanol–water partition coefficient (Wildman–Crippen LogP) is 6.67. The number of thioether (sulfide) groups is 1. The summed E-state index contributed by atoms with van der Waals surface area (Å²) < 4.78 is 11.0. The highest BCUT2D eigenvalue weighted by atomic mass is 32.2. The van der Waals surface area contributed by atoms with E-state index in [0.717, 1.165) is 11.3 Å². The largest absolute Gasteiger partial charge is 0.506 e. The number of para-hydroxylation sites is 2. The van der Waals surface area contributed by atoms with Crippen molar-refractivity contribution in [3.05, 3.63) is 107 Å². The molecule has 0 fully saturated rings. The van der Waals surface area contributed by atoms with Crippen LogP contribution < -0.4 is 4.74 Å². The number of aliphatic hydroxyl groups is 1. The second kappa shape index (κ2) is 10.0. The number of hydrogen-bond donors (Lipinski definition) is 1. The van der Waals surface area contributed by atoms with Gasteiger partial charge in [0.15, 0.2) is 0 Å². The second-order valence-electron chi connectivity index (χ2n) is 6.79. The van der Waals surface area contributed by atoms with Crippen molar-refractivity contribution in [3.63, 3.8) is 0 Å². The van der Waals surface area contributed by atoms with Crippen LogP contribution in [0, 0.1) is 0 Å². The molecule has 3 aromatic rings. The molecule has 1 N–H and O–H groups in total. The van der Waals surface area contributed by atoms with Crippen molar-refractivity contribution >= 4 is 34.5 Å². The number of carbonyl (C=O) groups is 1. The summed E-state index contributed by atoms with van der Waals surface area (Å²) >= 11 is 1.23. The van der Waals surface area contributed by atoms with Crippen molar-refractivity contribution in [2.75, 3.05) is 6.61 Å². The molecule has 0 spiro atoms. The molecule has 0 atom stereocenters. The van der Waals surface area contributed by atoms with E-state index in [1.807, 2.05) is 84.9 Å². The molecule has 0 radical (unpaired) electrons. The zero-order valence-electron chi connectivity index (χ0n) is 17.4. The van der Waals surface area contributed by atoms with Gasteiger partial charge in [-0.25, -0.2) is 9.79 Å². The fourth-order valence-electron chi connectivity index (χ4n) is 3.06. The zero-order valence-corrected chi connectivity index (χ0v) is 18.2. The van der Waals surface area contributed by atoms with Crippen LogP contribution in [-0.4, -0.2) is 22.7 Å². The van der Waals surface area contributed by atoms with Gasteiger partial charge in [0.1, 0.15) is 27.9 Å². The number of rotatable bonds is 6. The van der Waals surface area contributed by atoms with Crippen molar-refractivity contribution in [2.45, 2.75) is 6.92 Å². The number of nitrogens with zero attached hydrogens (tertiary/aromatic N) is 1. The summed E-state index contributed by atoms with van der Waals surface area (Å²) in [4.78, 5) is 17.6. The van der Waals surface area contributed by atoms with Crippen LogP contribution in [0.15, 0.2) is 106 Å². The first-order chi connectivity index (χ1) is 15.6. The Bertz CT molecular complexity index is 1200. The van der Waals surface area contributed by atoms with Crippen LogP contribution in [-0.2, 0) is 9.53 Å². The van der Waals surface area contributed by atoms with E-state index in [9.17, 15) is 9.90 Å². The molecule has 32 heavy (non-hydrogen) atoms. The Kier molecular flexibility index (Phi) is 6.72. The molecule has 0 bridgehead atoms. The van der Waals surface area contributed by atoms with Gasteiger partial charge in [0.05, 0.1) is 17.2 Å². The Morgan fingerprint density at radius 2 is 1.66 bits per heavy atom. The average molecular weight is 444 g/mol. The first kappa shape index (κ1) is 21.5. The minimum atomic E-state index is -0.600. The summed E-state index contributed by atoms with van der Waals surface area (Å²) in [7, 11) is 0. The Labute approximate surface area is 190 Å². The zero-order chi connectivity index (χ0) is 22.3. The first-order valence-electron chi connectivity index (χ1n) is 10.1. The van der Waals surface area contributed by atoms with E-state index in [0.29, 0.717) is 21.4 Å². The van der Waals surface area contributed by atoms with Crippen LogP contribution in [0.4, 0.5) is 5.69 Å². The minimum absolute atomic E-state index is 0.0728. The molecule has 5 nitrogen and oxygen atoms in total. The molecule has 0 aliphatic carbocycles. The molecule has 0 saturated carbocycles. The second-order valence-corrected chi connectivity index (χ2v) is 7.83. The molecule has 1 heterocycles. The van der Waals surface area contributed by atoms with Crippen molar-refractivity contribution in [2.24, 2.45) is 4.99 Å². The lowest BCUT2D eigenvalue weighted by molar-refractivity contribution is -0.138. The van der Waals surface area contributed by atoms with Gasteiger partial charge in [-0.2, -0.15) is 0 Å². The minimum Gasteiger partial charge on any atom is -0.506 e. The quantitative estimate of drug-likeness (QED) is 0.431. The van der Waals surface area contributed by atoms with Crippen LogP contribution >= 0.6 is 11.8 Å². The fourth-order valence-corrected chi connectivity index (χ4v) is 4.09. The highest BCUT2D eigenvalue weighted by Crippen LogP contribution is 2.40. The number of ether oxygens (including phenoxy) is 2. The van der Waals surface area contributed by atoms with E-state index in [4.69, 9.17) is 9.47 Å². The van der Waals surface area contributed by atoms with Crippen molar-refractivity contribution in [1.82, 2.24) is 0 Å². The summed E-state index contributed by atoms with van der Waals surface area (Å²) in [5.74, 6) is 0.659. The summed E-state index contributed by atoms with van der Waals surface area (Å²) in [6, 6.07) is 26.3. The van der Waals surface area contributed by atoms with Crippen LogP contribution in [0.3, 0.4) is 0 Å². The summed E-state index contributed by atoms with van der Waals surface area (Å²) in [5, 5.41) is 11.2. The SMILES string of the molecule is CCOC(=O)C1=C(O)/C(=C\c2cccc(Oc3ccccc3)c2)SC1=Nc1ccccc1. The first-order valence-corrected chi connectivity index (χ1v) is 10.9. The van der Waals surface area contributed by atoms with Crippen molar-refractivity contribution in [1.29, 1.82) is 0 Å². The van der Waals surface area contributed by atoms with E-state index in [-0.39, 0.29) is 17.9 Å². The molecule has 6 heteroatoms. The topological polar surface area (TPSA) is 68.1 Å². The van der Waals surface area contributed by atoms with Gasteiger partial charge in [0, 0.05) is 0 Å². The Hall–Kier alpha value is -3.77. The van der Waals surface area contributed by atoms with E-state index < -0.39 is 5.97 Å². The summed E-state index contributed by atoms with van der Waals surface area (Å²) in [6.07, 6.45) is 1.80. The van der Waals surface area contributed by atoms with Gasteiger partial charge >= 0.3 is 5.97 Å². The molecule has 4 rings (SSSR count). The van der Waals surface area contributed by atoms with E-state index in [1.54, 1.807) is 13.0 Å². The van der Waals surface area contributed by atoms with Crippen LogP contribution in [0.2, 0.25) is 0 Å². The number of carbonyl (C=O) groups excluding carboxylic acids is 1. The van der Waals surface area contributed by atoms with Crippen LogP contribution in [0.1, 0.15) is 12.5 Å². The van der Waals surface area contributed by atoms with Gasteiger partial charge in [0.25, 0.3) is 0 Å². The smallest absolute Gasteiger partial charge is 0.344 e. The Morgan fingerprint density at radius 3 is 2.38 bits per heavy atom. The van der Waals surface area contributed by atoms with Gasteiger partial charge in [-0.05, 0) is 55.0 Å². The fraction of sp³-hybridized carbons (Fsp3) is 0.0769. The lowest BCUT2D eigenvalue weighted by atomic mass is 10.1. The Balaban J connectivity index is 1.66. The molecule has 1 aliphatic rings. The highest BCUT2D eigenvalue weighted by Gasteiger charge is 2.33. The maximum atomic E-state index is 12.5. The standard InChI is InChI=1S/C26H21NO4S/c1-2-30-26(29)23-24(28)22(32-25(23)27-19-11-5-3-6-12-19)17-18-10-9-15-21(16-18)31-20-13-7-4-8-14-20/h3-17,28H,2H2,1H3/b22-17+,27-25?. The van der Waals surface area contributed by atoms with Crippen LogP contribution in [0.25, 0.3) is 6.08 Å². The van der Waals surface area contributed by atoms with E-state index in [1.165, 1.54) is 11.8 Å². The molecule has 160 valence electrons. The number of aliphatic hydroxyl groups excluding tert-OH is 1. The lowest BCUT2D eigenvalue weighted by Crippen LogP contribution is -2.12. The molecule has 0 amide bonds. The lowest BCUT2D eigenvalue weighted by Gasteiger charge is -2.06. The monoisotopic (exact) mass is 443 g/mol. The van der Waals surface area contributed by atoms with E-state index >= 15 is 0 Å². The maximum absolute atomic E-state index is 12.5. The normalized spacial score (nSPS) is 15.9. The molecule has 0 saturated heterocycles. The number of aliphatic imine (C=N–C) groups is 1. The van der Waals surface area contributed by atoms with Gasteiger partial charge in [0.2, 0.25) is 0 Å². The third-order valence-electron chi connectivity index (χ3n) is 4.49. The Morgan fingerprint density at radius 1 is 0.969 bits per heavy atom. The number of hydrogen-bond acceptors (Lipinski definition) is 6. The van der Waals surface area contributed by atoms with Crippen molar-refractivity contribution in [3.8, 4) is 11.5 Å². The third kappa shape index (κ3) is 5.10. The summed E-state index contributed by atoms with van der Waals surface area (Å²) in [6.45, 7) is 1.93. The summed E-state index contributed by atoms with van der Waals surface area (Å²) in [5.41, 5.74) is 1.57. The van der Waals surface area contributed by atoms with Gasteiger partial charge in [-0.3, -0.25) is 0 Å². The molecular weight excluding hydrogens is 422 g/mol. The maximum Gasteiger partial charge on any atom is 0.344 e. The molecule has 3 aromatic carbocycles. The van der Waals surface area contributed by atoms with Gasteiger partial charge < -0.3 is 14.6 Å². The van der Waals surface area contributed by atoms with Gasteiger partial charge in [-0.15, -0.1) is 0 Å². The number of benzene rings is 3. The van der Waals surface area contributed by atoms with Crippen molar-refractivity contribution < 1.29 is 19.4 Å². The van der Waals surface area contributed by atoms with Crippen LogP contribution in [0.5, 0.6) is 11.5 Å². The molecule has 1 aliphatic heterocycles. The van der Waals surface area contributed by atoms with Gasteiger partial charge in [-0.1, -0.05) is 60.3 Å². The van der Waals surface area contributed by atoms with E-state index in [2.05, 4.69) is 4.99 Å². The molecule has 0 aromatic heterocycles. The molecule has 0 unspecified atom stereocenters. The molecular formula is C26H21NO4S. The number of esters is 1. The highest BCUT2D eigenvalue weighted by molar-refractivity contribution is 8.18. The average Bonchev–Trinajstić information content (AvgIpc) is 3.10. The third-order valence-corrected chi connectivity index (χ3v) is 5.51.